The molecule has 0 aliphatic carbocycles. The van der Waals surface area contributed by atoms with Crippen LogP contribution in [0.3, 0.4) is 0 Å². The molecule has 37 heavy (non-hydrogen) atoms. The minimum atomic E-state index is -0.662. The van der Waals surface area contributed by atoms with Gasteiger partial charge in [-0.05, 0) is 67.3 Å². The van der Waals surface area contributed by atoms with Crippen LogP contribution in [0, 0.1) is 5.82 Å². The highest BCUT2D eigenvalue weighted by atomic mass is 35.5. The van der Waals surface area contributed by atoms with Crippen LogP contribution in [0.25, 0.3) is 16.8 Å². The number of carbonyl (C=O) groups is 2. The van der Waals surface area contributed by atoms with Crippen molar-refractivity contribution >= 4 is 34.7 Å². The fraction of sp³-hybridized carbons (Fsp3) is 0.259. The van der Waals surface area contributed by atoms with Gasteiger partial charge in [0.15, 0.2) is 5.65 Å². The highest BCUT2D eigenvalue weighted by Gasteiger charge is 2.34. The Bertz CT molecular complexity index is 1530. The van der Waals surface area contributed by atoms with Crippen LogP contribution < -0.4 is 10.6 Å². The first-order valence-electron chi connectivity index (χ1n) is 12.2. The van der Waals surface area contributed by atoms with E-state index in [0.29, 0.717) is 33.0 Å². The number of fused-ring (bicyclic) bond motifs is 2. The molecule has 2 N–H and O–H groups in total. The summed E-state index contributed by atoms with van der Waals surface area (Å²) in [5, 5.41) is 10.8. The molecular formula is C27H24ClFN6O2. The fourth-order valence-electron chi connectivity index (χ4n) is 5.13. The molecule has 2 amide bonds. The Balaban J connectivity index is 1.43. The second-order valence-electron chi connectivity index (χ2n) is 9.33. The molecular weight excluding hydrogens is 495 g/mol. The van der Waals surface area contributed by atoms with Crippen molar-refractivity contribution < 1.29 is 14.0 Å². The molecule has 0 radical (unpaired) electrons. The van der Waals surface area contributed by atoms with Gasteiger partial charge >= 0.3 is 0 Å². The van der Waals surface area contributed by atoms with Gasteiger partial charge in [-0.15, -0.1) is 0 Å². The number of hydrogen-bond acceptors (Lipinski definition) is 5. The zero-order chi connectivity index (χ0) is 25.5. The average molecular weight is 519 g/mol. The highest BCUT2D eigenvalue weighted by Crippen LogP contribution is 2.41. The third-order valence-electron chi connectivity index (χ3n) is 7.00. The smallest absolute Gasteiger partial charge is 0.252 e. The normalized spacial score (nSPS) is 17.1. The van der Waals surface area contributed by atoms with Crippen LogP contribution in [0.5, 0.6) is 0 Å². The number of pyridine rings is 1. The topological polar surface area (TPSA) is 91.6 Å². The van der Waals surface area contributed by atoms with E-state index in [9.17, 15) is 14.0 Å². The van der Waals surface area contributed by atoms with Crippen molar-refractivity contribution in [2.75, 3.05) is 25.0 Å². The number of amides is 2. The van der Waals surface area contributed by atoms with Gasteiger partial charge in [0, 0.05) is 52.3 Å². The number of anilines is 1. The lowest BCUT2D eigenvalue weighted by atomic mass is 9.93. The van der Waals surface area contributed by atoms with Crippen molar-refractivity contribution in [3.8, 4) is 11.1 Å². The number of hydrogen-bond donors (Lipinski definition) is 2. The predicted octanol–water partition coefficient (Wildman–Crippen LogP) is 4.45. The van der Waals surface area contributed by atoms with Crippen molar-refractivity contribution in [2.24, 2.45) is 0 Å². The van der Waals surface area contributed by atoms with Crippen LogP contribution in [0.2, 0.25) is 5.02 Å². The molecule has 2 aliphatic heterocycles. The number of halogens is 2. The molecule has 188 valence electrons. The first-order valence-corrected chi connectivity index (χ1v) is 12.6. The van der Waals surface area contributed by atoms with Crippen molar-refractivity contribution in [1.82, 2.24) is 24.8 Å². The number of rotatable bonds is 5. The molecule has 6 rings (SSSR count). The molecule has 4 aromatic rings. The summed E-state index contributed by atoms with van der Waals surface area (Å²) in [5.41, 5.74) is 4.44. The minimum Gasteiger partial charge on any atom is -0.376 e. The van der Waals surface area contributed by atoms with E-state index in [4.69, 9.17) is 11.6 Å². The Labute approximate surface area is 217 Å². The zero-order valence-electron chi connectivity index (χ0n) is 19.9. The summed E-state index contributed by atoms with van der Waals surface area (Å²) in [7, 11) is 0. The first-order chi connectivity index (χ1) is 18.0. The maximum atomic E-state index is 14.2. The number of likely N-dealkylation sites (tertiary alicyclic amines) is 1. The molecule has 0 bridgehead atoms. The van der Waals surface area contributed by atoms with E-state index in [1.165, 1.54) is 24.5 Å². The van der Waals surface area contributed by atoms with Crippen LogP contribution in [0.15, 0.2) is 55.0 Å². The molecule has 0 spiro atoms. The number of benzene rings is 2. The number of piperidine rings is 1. The largest absolute Gasteiger partial charge is 0.376 e. The standard InChI is InChI=1S/C27H24ClFN6O2/c28-21-6-5-18(29)12-19(21)26-25-20(27(37)33-26)10-17(16-4-7-23-31-15-32-35(23)14-16)11-22(25)30-13-24(36)34-8-2-1-3-9-34/h4-7,10-12,14-15,26,30H,1-3,8-9,13H2,(H,33,37). The summed E-state index contributed by atoms with van der Waals surface area (Å²) in [5.74, 6) is -0.746. The summed E-state index contributed by atoms with van der Waals surface area (Å²) in [6.45, 7) is 1.58. The number of carbonyl (C=O) groups excluding carboxylic acids is 2. The molecule has 4 heterocycles. The summed E-state index contributed by atoms with van der Waals surface area (Å²) in [6, 6.07) is 10.9. The maximum Gasteiger partial charge on any atom is 0.252 e. The molecule has 2 aliphatic rings. The molecule has 0 saturated carbocycles. The summed E-state index contributed by atoms with van der Waals surface area (Å²) >= 11 is 6.43. The molecule has 2 aromatic carbocycles. The van der Waals surface area contributed by atoms with Crippen molar-refractivity contribution in [3.05, 3.63) is 82.5 Å². The van der Waals surface area contributed by atoms with Gasteiger partial charge in [-0.25, -0.2) is 13.9 Å². The van der Waals surface area contributed by atoms with Gasteiger partial charge in [0.05, 0.1) is 12.6 Å². The molecule has 10 heteroatoms. The lowest BCUT2D eigenvalue weighted by molar-refractivity contribution is -0.130. The monoisotopic (exact) mass is 518 g/mol. The van der Waals surface area contributed by atoms with E-state index < -0.39 is 11.9 Å². The average Bonchev–Trinajstić information content (AvgIpc) is 3.53. The maximum absolute atomic E-state index is 14.2. The van der Waals surface area contributed by atoms with Crippen LogP contribution in [-0.2, 0) is 4.79 Å². The molecule has 2 aromatic heterocycles. The second kappa shape index (κ2) is 9.48. The molecule has 1 unspecified atom stereocenters. The lowest BCUT2D eigenvalue weighted by Gasteiger charge is -2.27. The first kappa shape index (κ1) is 23.4. The van der Waals surface area contributed by atoms with Gasteiger partial charge < -0.3 is 15.5 Å². The minimum absolute atomic E-state index is 0.000471. The van der Waals surface area contributed by atoms with E-state index in [-0.39, 0.29) is 18.4 Å². The SMILES string of the molecule is O=C1NC(c2cc(F)ccc2Cl)c2c(NCC(=O)N3CCCCC3)cc(-c3ccc4ncnn4c3)cc21. The van der Waals surface area contributed by atoms with E-state index in [2.05, 4.69) is 20.7 Å². The van der Waals surface area contributed by atoms with Gasteiger partial charge in [0.25, 0.3) is 5.91 Å². The quantitative estimate of drug-likeness (QED) is 0.407. The predicted molar refractivity (Wildman–Crippen MR) is 138 cm³/mol. The number of nitrogens with zero attached hydrogens (tertiary/aromatic N) is 4. The summed E-state index contributed by atoms with van der Waals surface area (Å²) in [6.07, 6.45) is 6.44. The highest BCUT2D eigenvalue weighted by molar-refractivity contribution is 6.31. The Hall–Kier alpha value is -3.98. The van der Waals surface area contributed by atoms with E-state index in [1.54, 1.807) is 10.6 Å². The Kier molecular flexibility index (Phi) is 6.00. The van der Waals surface area contributed by atoms with Crippen LogP contribution >= 0.6 is 11.6 Å². The lowest BCUT2D eigenvalue weighted by Crippen LogP contribution is -2.39. The van der Waals surface area contributed by atoms with Crippen LogP contribution in [0.1, 0.15) is 46.8 Å². The third kappa shape index (κ3) is 4.40. The van der Waals surface area contributed by atoms with E-state index in [0.717, 1.165) is 43.5 Å². The number of aromatic nitrogens is 3. The van der Waals surface area contributed by atoms with Crippen molar-refractivity contribution in [1.29, 1.82) is 0 Å². The van der Waals surface area contributed by atoms with Crippen LogP contribution in [-0.4, -0.2) is 50.9 Å². The molecule has 1 fully saturated rings. The number of nitrogens with one attached hydrogen (secondary N) is 2. The molecule has 8 nitrogen and oxygen atoms in total. The third-order valence-corrected chi connectivity index (χ3v) is 7.35. The van der Waals surface area contributed by atoms with Gasteiger partial charge in [-0.1, -0.05) is 11.6 Å². The van der Waals surface area contributed by atoms with Gasteiger partial charge in [-0.3, -0.25) is 9.59 Å². The van der Waals surface area contributed by atoms with Gasteiger partial charge in [-0.2, -0.15) is 5.10 Å². The Morgan fingerprint density at radius 2 is 1.95 bits per heavy atom. The second-order valence-corrected chi connectivity index (χ2v) is 9.74. The molecule has 1 saturated heterocycles. The van der Waals surface area contributed by atoms with Crippen LogP contribution in [0.4, 0.5) is 10.1 Å². The summed E-state index contributed by atoms with van der Waals surface area (Å²) in [4.78, 5) is 32.2. The summed E-state index contributed by atoms with van der Waals surface area (Å²) < 4.78 is 15.8. The van der Waals surface area contributed by atoms with E-state index in [1.807, 2.05) is 29.3 Å². The Morgan fingerprint density at radius 1 is 1.11 bits per heavy atom. The fourth-order valence-corrected chi connectivity index (χ4v) is 5.36. The van der Waals surface area contributed by atoms with Crippen molar-refractivity contribution in [3.63, 3.8) is 0 Å². The van der Waals surface area contributed by atoms with Gasteiger partial charge in [0.1, 0.15) is 12.1 Å². The zero-order valence-corrected chi connectivity index (χ0v) is 20.6. The Morgan fingerprint density at radius 3 is 2.78 bits per heavy atom. The molecule has 1 atom stereocenters. The van der Waals surface area contributed by atoms with Crippen molar-refractivity contribution in [2.45, 2.75) is 25.3 Å². The van der Waals surface area contributed by atoms with Gasteiger partial charge in [0.2, 0.25) is 5.91 Å². The van der Waals surface area contributed by atoms with E-state index >= 15 is 0 Å².